The van der Waals surface area contributed by atoms with E-state index >= 15 is 0 Å². The predicted molar refractivity (Wildman–Crippen MR) is 184 cm³/mol. The maximum absolute atomic E-state index is 3.90. The van der Waals surface area contributed by atoms with Gasteiger partial charge < -0.3 is 0 Å². The van der Waals surface area contributed by atoms with Crippen LogP contribution in [0.4, 0.5) is 0 Å². The average molecular weight is 603 g/mol. The van der Waals surface area contributed by atoms with Gasteiger partial charge in [0, 0.05) is 16.7 Å². The van der Waals surface area contributed by atoms with Gasteiger partial charge in [0.2, 0.25) is 0 Å². The molecule has 0 atom stereocenters. The van der Waals surface area contributed by atoms with Gasteiger partial charge in [0.1, 0.15) is 8.07 Å². The zero-order chi connectivity index (χ0) is 27.2. The summed E-state index contributed by atoms with van der Waals surface area (Å²) in [5.41, 5.74) is 14.5. The average Bonchev–Trinajstić information content (AvgIpc) is 3.79. The summed E-state index contributed by atoms with van der Waals surface area (Å²) in [5.74, 6) is 10.4. The van der Waals surface area contributed by atoms with Crippen molar-refractivity contribution in [3.05, 3.63) is 68.7 Å². The Balaban J connectivity index is 1.42. The summed E-state index contributed by atoms with van der Waals surface area (Å²) in [5, 5.41) is 0. The van der Waals surface area contributed by atoms with E-state index in [0.717, 1.165) is 0 Å². The number of rotatable bonds is 3. The third kappa shape index (κ3) is 3.19. The molecule has 0 spiro atoms. The molecule has 2 aliphatic rings. The first-order valence-electron chi connectivity index (χ1n) is 14.0. The van der Waals surface area contributed by atoms with Crippen molar-refractivity contribution < 1.29 is 0 Å². The van der Waals surface area contributed by atoms with Crippen molar-refractivity contribution in [2.45, 2.75) is 45.8 Å². The molecule has 0 fully saturated rings. The number of thiophene rings is 4. The van der Waals surface area contributed by atoms with Crippen LogP contribution in [0.5, 0.6) is 0 Å². The fourth-order valence-electron chi connectivity index (χ4n) is 6.43. The molecule has 0 radical (unpaired) electrons. The van der Waals surface area contributed by atoms with E-state index in [2.05, 4.69) is 92.6 Å². The minimum Gasteiger partial charge on any atom is -0.131 e. The van der Waals surface area contributed by atoms with Gasteiger partial charge in [-0.05, 0) is 47.3 Å². The van der Waals surface area contributed by atoms with Crippen molar-refractivity contribution in [1.82, 2.24) is 0 Å². The van der Waals surface area contributed by atoms with Gasteiger partial charge in [-0.1, -0.05) is 81.1 Å². The number of hydrogen-bond acceptors (Lipinski definition) is 4. The molecule has 0 bridgehead atoms. The van der Waals surface area contributed by atoms with E-state index in [9.17, 15) is 0 Å². The molecule has 0 N–H and O–H groups in total. The van der Waals surface area contributed by atoms with E-state index in [1.165, 1.54) is 99.9 Å². The fourth-order valence-corrected chi connectivity index (χ4v) is 15.0. The van der Waals surface area contributed by atoms with Crippen LogP contribution < -0.4 is 9.06 Å². The summed E-state index contributed by atoms with van der Waals surface area (Å²) >= 11 is 7.92. The summed E-state index contributed by atoms with van der Waals surface area (Å²) in [7, 11) is -1.54. The molecule has 6 aromatic rings. The quantitative estimate of drug-likeness (QED) is 0.140. The van der Waals surface area contributed by atoms with E-state index in [-0.39, 0.29) is 0 Å². The van der Waals surface area contributed by atoms with Crippen molar-refractivity contribution in [2.24, 2.45) is 0 Å². The van der Waals surface area contributed by atoms with Gasteiger partial charge in [0.25, 0.3) is 0 Å². The maximum Gasteiger partial charge on any atom is 0.138 e. The molecule has 2 aromatic carbocycles. The highest BCUT2D eigenvalue weighted by Gasteiger charge is 2.30. The van der Waals surface area contributed by atoms with Gasteiger partial charge >= 0.3 is 0 Å². The first kappa shape index (κ1) is 24.9. The van der Waals surface area contributed by atoms with Crippen molar-refractivity contribution in [3.63, 3.8) is 0 Å². The van der Waals surface area contributed by atoms with Crippen molar-refractivity contribution in [2.75, 3.05) is 0 Å². The van der Waals surface area contributed by atoms with Crippen LogP contribution in [-0.4, -0.2) is 8.07 Å². The van der Waals surface area contributed by atoms with E-state index in [1.54, 1.807) is 0 Å². The largest absolute Gasteiger partial charge is 0.138 e. The van der Waals surface area contributed by atoms with Gasteiger partial charge in [-0.2, -0.15) is 0 Å². The van der Waals surface area contributed by atoms with E-state index in [1.807, 2.05) is 52.3 Å². The lowest BCUT2D eigenvalue weighted by molar-refractivity contribution is 1.20. The third-order valence-electron chi connectivity index (χ3n) is 8.87. The summed E-state index contributed by atoms with van der Waals surface area (Å²) < 4.78 is 11.4. The Morgan fingerprint density at radius 2 is 0.975 bits per heavy atom. The Bertz CT molecular complexity index is 2300. The summed E-state index contributed by atoms with van der Waals surface area (Å²) in [6.45, 7) is 8.98. The van der Waals surface area contributed by atoms with E-state index < -0.39 is 8.07 Å². The lowest BCUT2D eigenvalue weighted by Gasteiger charge is -2.20. The monoisotopic (exact) mass is 602 g/mol. The lowest BCUT2D eigenvalue weighted by Crippen LogP contribution is -2.29. The second-order valence-electron chi connectivity index (χ2n) is 10.6. The molecule has 40 heavy (non-hydrogen) atoms. The predicted octanol–water partition coefficient (Wildman–Crippen LogP) is 9.83. The zero-order valence-electron chi connectivity index (χ0n) is 22.9. The second-order valence-corrected chi connectivity index (χ2v) is 19.6. The smallest absolute Gasteiger partial charge is 0.131 e. The normalized spacial score (nSPS) is 13.3. The highest BCUT2D eigenvalue weighted by molar-refractivity contribution is 7.44. The van der Waals surface area contributed by atoms with Gasteiger partial charge in [0.05, 0.1) is 42.8 Å². The molecule has 0 saturated heterocycles. The van der Waals surface area contributed by atoms with Crippen LogP contribution in [0.15, 0.2) is 48.5 Å². The molecule has 0 unspecified atom stereocenters. The minimum atomic E-state index is -1.54. The lowest BCUT2D eigenvalue weighted by atomic mass is 10.0. The molecular formula is C35H26S4Si. The van der Waals surface area contributed by atoms with Crippen LogP contribution in [0.3, 0.4) is 0 Å². The Kier molecular flexibility index (Phi) is 5.62. The van der Waals surface area contributed by atoms with Gasteiger partial charge in [-0.25, -0.2) is 0 Å². The zero-order valence-corrected chi connectivity index (χ0v) is 27.1. The summed E-state index contributed by atoms with van der Waals surface area (Å²) in [4.78, 5) is 0. The molecule has 5 heteroatoms. The van der Waals surface area contributed by atoms with Crippen molar-refractivity contribution >= 4 is 92.8 Å². The SMILES string of the molecule is CC#CC1=c2sc3c(sc4c5sc6c(c5sc34)-c3ccccc3C=6C#C[Si](CC)(CC)CC)c2-c2ccccc21. The van der Waals surface area contributed by atoms with E-state index in [4.69, 9.17) is 0 Å². The molecule has 4 heterocycles. The highest BCUT2D eigenvalue weighted by Crippen LogP contribution is 2.54. The van der Waals surface area contributed by atoms with Crippen LogP contribution in [0.25, 0.3) is 61.6 Å². The maximum atomic E-state index is 3.90. The molecule has 0 amide bonds. The summed E-state index contributed by atoms with van der Waals surface area (Å²) in [6, 6.07) is 21.5. The number of benzene rings is 2. The first-order chi connectivity index (χ1) is 19.6. The standard InChI is InChI=1S/C35H26S4Si/c1-5-13-24-20-14-9-11-16-22(20)26-28(24)36-32-30(26)38-35-33-31(39-34(32)35)27-23-17-12-10-15-21(23)25(29(27)37-33)18-19-40(6-2,7-3)8-4/h9-12,14-17H,6-8H2,1-4H3. The van der Waals surface area contributed by atoms with Crippen molar-refractivity contribution in [3.8, 4) is 45.6 Å². The van der Waals surface area contributed by atoms with Crippen LogP contribution in [-0.2, 0) is 0 Å². The molecule has 0 nitrogen and oxygen atoms in total. The van der Waals surface area contributed by atoms with Crippen LogP contribution in [0, 0.1) is 23.3 Å². The topological polar surface area (TPSA) is 0 Å². The highest BCUT2D eigenvalue weighted by atomic mass is 32.1. The van der Waals surface area contributed by atoms with Gasteiger partial charge in [0.15, 0.2) is 0 Å². The van der Waals surface area contributed by atoms with Gasteiger partial charge in [-0.3, -0.25) is 0 Å². The Hall–Kier alpha value is -2.90. The molecule has 2 aliphatic carbocycles. The molecule has 4 aromatic heterocycles. The molecular weight excluding hydrogens is 577 g/mol. The van der Waals surface area contributed by atoms with E-state index in [0.29, 0.717) is 0 Å². The van der Waals surface area contributed by atoms with Crippen LogP contribution >= 0.6 is 45.3 Å². The molecule has 194 valence electrons. The third-order valence-corrected chi connectivity index (χ3v) is 19.1. The Morgan fingerprint density at radius 1 is 0.550 bits per heavy atom. The summed E-state index contributed by atoms with van der Waals surface area (Å²) in [6.07, 6.45) is 0. The number of hydrogen-bond donors (Lipinski definition) is 0. The first-order valence-corrected chi connectivity index (χ1v) is 19.9. The number of fused-ring (bicyclic) bond motifs is 13. The minimum absolute atomic E-state index is 1.20. The van der Waals surface area contributed by atoms with Crippen LogP contribution in [0.1, 0.15) is 38.8 Å². The second kappa shape index (κ2) is 9.05. The molecule has 0 aliphatic heterocycles. The van der Waals surface area contributed by atoms with Crippen LogP contribution in [0.2, 0.25) is 18.1 Å². The Labute approximate surface area is 251 Å². The molecule has 8 rings (SSSR count). The van der Waals surface area contributed by atoms with Crippen molar-refractivity contribution in [1.29, 1.82) is 0 Å². The molecule has 0 saturated carbocycles. The van der Waals surface area contributed by atoms with Gasteiger partial charge in [-0.15, -0.1) is 56.8 Å². The fraction of sp³-hybridized carbons (Fsp3) is 0.200. The Morgan fingerprint density at radius 3 is 1.43 bits per heavy atom.